The Morgan fingerprint density at radius 3 is 2.67 bits per heavy atom. The lowest BCUT2D eigenvalue weighted by Gasteiger charge is -2.09. The van der Waals surface area contributed by atoms with Gasteiger partial charge in [-0.3, -0.25) is 0 Å². The van der Waals surface area contributed by atoms with E-state index in [0.29, 0.717) is 34.1 Å². The van der Waals surface area contributed by atoms with E-state index in [4.69, 9.17) is 26.9 Å². The summed E-state index contributed by atoms with van der Waals surface area (Å²) in [5.74, 6) is 8.78. The number of benzene rings is 2. The Hall–Kier alpha value is -2.38. The minimum Gasteiger partial charge on any atom is -0.491 e. The molecule has 0 aliphatic rings. The highest BCUT2D eigenvalue weighted by Gasteiger charge is 2.12. The van der Waals surface area contributed by atoms with Gasteiger partial charge in [-0.2, -0.15) is 0 Å². The molecule has 0 atom stereocenters. The molecule has 27 heavy (non-hydrogen) atoms. The van der Waals surface area contributed by atoms with E-state index in [1.807, 2.05) is 44.2 Å². The molecule has 1 aromatic heterocycles. The third kappa shape index (κ3) is 5.08. The summed E-state index contributed by atoms with van der Waals surface area (Å²) in [5.41, 5.74) is 2.27. The smallest absolute Gasteiger partial charge is 0.210 e. The van der Waals surface area contributed by atoms with Crippen LogP contribution in [0.2, 0.25) is 5.02 Å². The van der Waals surface area contributed by atoms with Gasteiger partial charge in [-0.25, -0.2) is 4.68 Å². The van der Waals surface area contributed by atoms with Gasteiger partial charge in [-0.05, 0) is 37.6 Å². The number of ether oxygens (including phenoxy) is 2. The van der Waals surface area contributed by atoms with Crippen LogP contribution in [-0.4, -0.2) is 27.2 Å². The van der Waals surface area contributed by atoms with Crippen LogP contribution in [0.5, 0.6) is 11.5 Å². The van der Waals surface area contributed by atoms with Crippen LogP contribution >= 0.6 is 23.4 Å². The van der Waals surface area contributed by atoms with Gasteiger partial charge in [-0.1, -0.05) is 53.2 Å². The minimum atomic E-state index is 0.254. The van der Waals surface area contributed by atoms with E-state index in [9.17, 15) is 0 Å². The van der Waals surface area contributed by atoms with Crippen LogP contribution in [0.15, 0.2) is 47.6 Å². The van der Waals surface area contributed by atoms with Crippen LogP contribution in [0.4, 0.5) is 0 Å². The third-order valence-corrected chi connectivity index (χ3v) is 5.05. The fraction of sp³-hybridized carbons (Fsp3) is 0.263. The maximum absolute atomic E-state index is 6.08. The Morgan fingerprint density at radius 1 is 1.07 bits per heavy atom. The summed E-state index contributed by atoms with van der Waals surface area (Å²) in [6, 6.07) is 13.4. The number of hydrogen-bond acceptors (Lipinski definition) is 6. The van der Waals surface area contributed by atoms with Gasteiger partial charge in [0.1, 0.15) is 18.1 Å². The Morgan fingerprint density at radius 2 is 1.89 bits per heavy atom. The predicted molar refractivity (Wildman–Crippen MR) is 108 cm³/mol. The quantitative estimate of drug-likeness (QED) is 0.347. The first kappa shape index (κ1) is 19.4. The van der Waals surface area contributed by atoms with Crippen molar-refractivity contribution in [2.75, 3.05) is 18.2 Å². The van der Waals surface area contributed by atoms with Gasteiger partial charge in [-0.15, -0.1) is 10.2 Å². The second-order valence-electron chi connectivity index (χ2n) is 5.95. The lowest BCUT2D eigenvalue weighted by Crippen LogP contribution is -2.16. The fourth-order valence-electron chi connectivity index (χ4n) is 2.45. The Labute approximate surface area is 167 Å². The van der Waals surface area contributed by atoms with Gasteiger partial charge in [0.25, 0.3) is 0 Å². The van der Waals surface area contributed by atoms with E-state index >= 15 is 0 Å². The zero-order valence-electron chi connectivity index (χ0n) is 15.2. The van der Waals surface area contributed by atoms with Crippen LogP contribution in [0, 0.1) is 13.8 Å². The zero-order valence-corrected chi connectivity index (χ0v) is 16.8. The first-order chi connectivity index (χ1) is 13.0. The van der Waals surface area contributed by atoms with Crippen molar-refractivity contribution in [2.24, 2.45) is 0 Å². The maximum atomic E-state index is 6.08. The molecule has 0 fully saturated rings. The van der Waals surface area contributed by atoms with Crippen LogP contribution in [0.1, 0.15) is 17.0 Å². The monoisotopic (exact) mass is 404 g/mol. The van der Waals surface area contributed by atoms with Gasteiger partial charge in [0, 0.05) is 5.75 Å². The number of aromatic nitrogens is 3. The molecule has 8 heteroatoms. The number of halogens is 1. The van der Waals surface area contributed by atoms with E-state index in [1.165, 1.54) is 22.0 Å². The number of thioether (sulfide) groups is 1. The molecule has 2 N–H and O–H groups in total. The van der Waals surface area contributed by atoms with E-state index in [-0.39, 0.29) is 6.61 Å². The number of rotatable bonds is 8. The molecule has 3 aromatic rings. The van der Waals surface area contributed by atoms with Crippen LogP contribution in [0.3, 0.4) is 0 Å². The van der Waals surface area contributed by atoms with Crippen LogP contribution in [-0.2, 0) is 6.61 Å². The Kier molecular flexibility index (Phi) is 6.47. The number of nitrogens with zero attached hydrogens (tertiary/aromatic N) is 3. The molecule has 0 saturated carbocycles. The molecule has 0 spiro atoms. The van der Waals surface area contributed by atoms with Crippen molar-refractivity contribution < 1.29 is 9.47 Å². The number of aryl methyl sites for hydroxylation is 2. The van der Waals surface area contributed by atoms with Gasteiger partial charge in [0.2, 0.25) is 5.16 Å². The third-order valence-electron chi connectivity index (χ3n) is 3.83. The zero-order chi connectivity index (χ0) is 19.2. The molecule has 142 valence electrons. The van der Waals surface area contributed by atoms with E-state index in [1.54, 1.807) is 6.07 Å². The molecule has 0 unspecified atom stereocenters. The summed E-state index contributed by atoms with van der Waals surface area (Å²) in [5, 5.41) is 9.43. The molecule has 0 bridgehead atoms. The van der Waals surface area contributed by atoms with Crippen LogP contribution in [0.25, 0.3) is 0 Å². The fourth-order valence-corrected chi connectivity index (χ4v) is 3.34. The van der Waals surface area contributed by atoms with Gasteiger partial charge in [0.05, 0.1) is 11.6 Å². The second kappa shape index (κ2) is 9.01. The highest BCUT2D eigenvalue weighted by atomic mass is 35.5. The molecule has 0 aliphatic heterocycles. The summed E-state index contributed by atoms with van der Waals surface area (Å²) >= 11 is 7.52. The predicted octanol–water partition coefficient (Wildman–Crippen LogP) is 4.01. The number of nitrogens with two attached hydrogens (primary N) is 1. The standard InChI is InChI=1S/C19H21ClN4O2S/c1-13-7-8-16(14(2)11-13)26-12-18-22-23-19(24(18)21)27-10-9-25-17-6-4-3-5-15(17)20/h3-8,11H,9-10,12,21H2,1-2H3. The van der Waals surface area contributed by atoms with Crippen molar-refractivity contribution in [1.82, 2.24) is 14.9 Å². The minimum absolute atomic E-state index is 0.254. The summed E-state index contributed by atoms with van der Waals surface area (Å²) in [7, 11) is 0. The van der Waals surface area contributed by atoms with E-state index in [2.05, 4.69) is 16.3 Å². The van der Waals surface area contributed by atoms with Gasteiger partial charge >= 0.3 is 0 Å². The molecular weight excluding hydrogens is 384 g/mol. The molecule has 6 nitrogen and oxygen atoms in total. The highest BCUT2D eigenvalue weighted by molar-refractivity contribution is 7.99. The topological polar surface area (TPSA) is 75.2 Å². The molecular formula is C19H21ClN4O2S. The summed E-state index contributed by atoms with van der Waals surface area (Å²) in [6.07, 6.45) is 0. The van der Waals surface area contributed by atoms with Crippen LogP contribution < -0.4 is 15.3 Å². The lowest BCUT2D eigenvalue weighted by molar-refractivity contribution is 0.289. The highest BCUT2D eigenvalue weighted by Crippen LogP contribution is 2.24. The molecule has 3 rings (SSSR count). The first-order valence-corrected chi connectivity index (χ1v) is 9.80. The number of hydrogen-bond donors (Lipinski definition) is 1. The Bertz CT molecular complexity index is 916. The second-order valence-corrected chi connectivity index (χ2v) is 7.42. The van der Waals surface area contributed by atoms with E-state index in [0.717, 1.165) is 11.3 Å². The maximum Gasteiger partial charge on any atom is 0.210 e. The normalized spacial score (nSPS) is 10.8. The molecule has 0 radical (unpaired) electrons. The average molecular weight is 405 g/mol. The van der Waals surface area contributed by atoms with Crippen molar-refractivity contribution in [2.45, 2.75) is 25.6 Å². The first-order valence-electron chi connectivity index (χ1n) is 8.44. The lowest BCUT2D eigenvalue weighted by atomic mass is 10.1. The average Bonchev–Trinajstić information content (AvgIpc) is 2.99. The van der Waals surface area contributed by atoms with E-state index < -0.39 is 0 Å². The molecule has 1 heterocycles. The van der Waals surface area contributed by atoms with Gasteiger partial charge in [0.15, 0.2) is 5.82 Å². The van der Waals surface area contributed by atoms with Gasteiger partial charge < -0.3 is 15.3 Å². The summed E-state index contributed by atoms with van der Waals surface area (Å²) in [6.45, 7) is 4.79. The summed E-state index contributed by atoms with van der Waals surface area (Å²) in [4.78, 5) is 0. The largest absolute Gasteiger partial charge is 0.491 e. The number of para-hydroxylation sites is 1. The van der Waals surface area contributed by atoms with Crippen molar-refractivity contribution >= 4 is 23.4 Å². The Balaban J connectivity index is 1.50. The number of nitrogen functional groups attached to an aromatic ring is 1. The molecule has 0 aliphatic carbocycles. The van der Waals surface area contributed by atoms with Crippen molar-refractivity contribution in [3.63, 3.8) is 0 Å². The van der Waals surface area contributed by atoms with Crippen molar-refractivity contribution in [3.05, 3.63) is 64.4 Å². The molecule has 2 aromatic carbocycles. The van der Waals surface area contributed by atoms with Crippen molar-refractivity contribution in [3.8, 4) is 11.5 Å². The van der Waals surface area contributed by atoms with Crippen molar-refractivity contribution in [1.29, 1.82) is 0 Å². The summed E-state index contributed by atoms with van der Waals surface area (Å²) < 4.78 is 12.9. The molecule has 0 saturated heterocycles. The SMILES string of the molecule is Cc1ccc(OCc2nnc(SCCOc3ccccc3Cl)n2N)c(C)c1. The molecule has 0 amide bonds.